The van der Waals surface area contributed by atoms with Gasteiger partial charge in [-0.1, -0.05) is 31.9 Å². The standard InChI is InChI=1S/C15H23NO/c1-12-6-5-7-13(10-12)11-16-14-8-3-4-9-15(14)17-2/h3-4,8-9,12-13,16H,5-7,10-11H2,1-2H3. The fraction of sp³-hybridized carbons (Fsp3) is 0.600. The number of benzene rings is 1. The van der Waals surface area contributed by atoms with Crippen LogP contribution in [-0.4, -0.2) is 13.7 Å². The minimum Gasteiger partial charge on any atom is -0.495 e. The molecule has 2 atom stereocenters. The summed E-state index contributed by atoms with van der Waals surface area (Å²) in [6.07, 6.45) is 5.53. The molecule has 1 aromatic rings. The van der Waals surface area contributed by atoms with Crippen molar-refractivity contribution in [1.29, 1.82) is 0 Å². The van der Waals surface area contributed by atoms with Gasteiger partial charge in [-0.25, -0.2) is 0 Å². The normalized spacial score (nSPS) is 24.4. The Labute approximate surface area is 104 Å². The fourth-order valence-corrected chi connectivity index (χ4v) is 2.79. The van der Waals surface area contributed by atoms with Crippen LogP contribution in [-0.2, 0) is 0 Å². The molecular formula is C15H23NO. The van der Waals surface area contributed by atoms with Crippen molar-refractivity contribution in [2.45, 2.75) is 32.6 Å². The number of methoxy groups -OCH3 is 1. The predicted molar refractivity (Wildman–Crippen MR) is 72.6 cm³/mol. The Morgan fingerprint density at radius 2 is 2.12 bits per heavy atom. The summed E-state index contributed by atoms with van der Waals surface area (Å²) in [6, 6.07) is 8.15. The van der Waals surface area contributed by atoms with Crippen LogP contribution in [0.4, 0.5) is 5.69 Å². The second-order valence-corrected chi connectivity index (χ2v) is 5.22. The van der Waals surface area contributed by atoms with Gasteiger partial charge in [-0.05, 0) is 36.8 Å². The molecule has 0 amide bonds. The second kappa shape index (κ2) is 5.95. The summed E-state index contributed by atoms with van der Waals surface area (Å²) in [7, 11) is 1.73. The van der Waals surface area contributed by atoms with Gasteiger partial charge in [0.25, 0.3) is 0 Å². The molecule has 2 rings (SSSR count). The van der Waals surface area contributed by atoms with E-state index in [2.05, 4.69) is 18.3 Å². The smallest absolute Gasteiger partial charge is 0.141 e. The van der Waals surface area contributed by atoms with Gasteiger partial charge >= 0.3 is 0 Å². The number of rotatable bonds is 4. The molecule has 1 fully saturated rings. The molecule has 2 nitrogen and oxygen atoms in total. The van der Waals surface area contributed by atoms with Gasteiger partial charge in [0.05, 0.1) is 12.8 Å². The van der Waals surface area contributed by atoms with Crippen LogP contribution < -0.4 is 10.1 Å². The summed E-state index contributed by atoms with van der Waals surface area (Å²) < 4.78 is 5.34. The van der Waals surface area contributed by atoms with Crippen LogP contribution in [0.1, 0.15) is 32.6 Å². The Morgan fingerprint density at radius 1 is 1.29 bits per heavy atom. The molecule has 17 heavy (non-hydrogen) atoms. The van der Waals surface area contributed by atoms with Crippen molar-refractivity contribution < 1.29 is 4.74 Å². The Balaban J connectivity index is 1.88. The average molecular weight is 233 g/mol. The number of hydrogen-bond acceptors (Lipinski definition) is 2. The van der Waals surface area contributed by atoms with E-state index in [0.717, 1.165) is 29.8 Å². The maximum absolute atomic E-state index is 5.34. The summed E-state index contributed by atoms with van der Waals surface area (Å²) in [5, 5.41) is 3.53. The quantitative estimate of drug-likeness (QED) is 0.850. The molecule has 0 aliphatic heterocycles. The van der Waals surface area contributed by atoms with Crippen LogP contribution in [0.3, 0.4) is 0 Å². The highest BCUT2D eigenvalue weighted by Crippen LogP contribution is 2.30. The molecule has 1 aromatic carbocycles. The summed E-state index contributed by atoms with van der Waals surface area (Å²) >= 11 is 0. The lowest BCUT2D eigenvalue weighted by Crippen LogP contribution is -2.21. The molecule has 0 spiro atoms. The van der Waals surface area contributed by atoms with Crippen LogP contribution in [0.2, 0.25) is 0 Å². The van der Waals surface area contributed by atoms with E-state index in [1.54, 1.807) is 7.11 Å². The molecule has 2 heteroatoms. The maximum Gasteiger partial charge on any atom is 0.141 e. The Hall–Kier alpha value is -1.18. The van der Waals surface area contributed by atoms with Gasteiger partial charge in [0.15, 0.2) is 0 Å². The molecular weight excluding hydrogens is 210 g/mol. The van der Waals surface area contributed by atoms with E-state index in [9.17, 15) is 0 Å². The van der Waals surface area contributed by atoms with Gasteiger partial charge in [-0.3, -0.25) is 0 Å². The van der Waals surface area contributed by atoms with Crippen LogP contribution in [0, 0.1) is 11.8 Å². The van der Waals surface area contributed by atoms with Crippen LogP contribution in [0.25, 0.3) is 0 Å². The number of nitrogens with one attached hydrogen (secondary N) is 1. The number of ether oxygens (including phenoxy) is 1. The molecule has 0 saturated heterocycles. The average Bonchev–Trinajstić information content (AvgIpc) is 2.37. The van der Waals surface area contributed by atoms with E-state index in [4.69, 9.17) is 4.74 Å². The number of anilines is 1. The van der Waals surface area contributed by atoms with Crippen molar-refractivity contribution >= 4 is 5.69 Å². The zero-order chi connectivity index (χ0) is 12.1. The monoisotopic (exact) mass is 233 g/mol. The lowest BCUT2D eigenvalue weighted by atomic mass is 9.82. The largest absolute Gasteiger partial charge is 0.495 e. The van der Waals surface area contributed by atoms with Crippen molar-refractivity contribution in [3.8, 4) is 5.75 Å². The van der Waals surface area contributed by atoms with E-state index in [-0.39, 0.29) is 0 Å². The first-order valence-corrected chi connectivity index (χ1v) is 6.66. The zero-order valence-electron chi connectivity index (χ0n) is 10.9. The van der Waals surface area contributed by atoms with Crippen molar-refractivity contribution in [3.05, 3.63) is 24.3 Å². The molecule has 2 unspecified atom stereocenters. The molecule has 0 bridgehead atoms. The SMILES string of the molecule is COc1ccccc1NCC1CCCC(C)C1. The van der Waals surface area contributed by atoms with Crippen molar-refractivity contribution in [1.82, 2.24) is 0 Å². The minimum atomic E-state index is 0.823. The summed E-state index contributed by atoms with van der Waals surface area (Å²) in [5.74, 6) is 2.66. The molecule has 94 valence electrons. The third-order valence-electron chi connectivity index (χ3n) is 3.73. The molecule has 1 aliphatic carbocycles. The van der Waals surface area contributed by atoms with Gasteiger partial charge in [0.2, 0.25) is 0 Å². The van der Waals surface area contributed by atoms with E-state index >= 15 is 0 Å². The topological polar surface area (TPSA) is 21.3 Å². The van der Waals surface area contributed by atoms with Crippen molar-refractivity contribution in [2.75, 3.05) is 19.0 Å². The highest BCUT2D eigenvalue weighted by Gasteiger charge is 2.18. The third-order valence-corrected chi connectivity index (χ3v) is 3.73. The summed E-state index contributed by atoms with van der Waals surface area (Å²) in [5.41, 5.74) is 1.12. The van der Waals surface area contributed by atoms with Crippen molar-refractivity contribution in [2.24, 2.45) is 11.8 Å². The highest BCUT2D eigenvalue weighted by molar-refractivity contribution is 5.56. The number of para-hydroxylation sites is 2. The van der Waals surface area contributed by atoms with E-state index < -0.39 is 0 Å². The van der Waals surface area contributed by atoms with Gasteiger partial charge in [-0.15, -0.1) is 0 Å². The third kappa shape index (κ3) is 3.39. The molecule has 1 aliphatic rings. The summed E-state index contributed by atoms with van der Waals surface area (Å²) in [6.45, 7) is 3.44. The second-order valence-electron chi connectivity index (χ2n) is 5.22. The van der Waals surface area contributed by atoms with Gasteiger partial charge in [0, 0.05) is 6.54 Å². The first kappa shape index (κ1) is 12.3. The highest BCUT2D eigenvalue weighted by atomic mass is 16.5. The molecule has 0 radical (unpaired) electrons. The van der Waals surface area contributed by atoms with Crippen LogP contribution in [0.5, 0.6) is 5.75 Å². The number of hydrogen-bond donors (Lipinski definition) is 1. The Kier molecular flexibility index (Phi) is 4.29. The lowest BCUT2D eigenvalue weighted by Gasteiger charge is -2.27. The lowest BCUT2D eigenvalue weighted by molar-refractivity contribution is 0.293. The molecule has 0 heterocycles. The zero-order valence-corrected chi connectivity index (χ0v) is 10.9. The minimum absolute atomic E-state index is 0.823. The van der Waals surface area contributed by atoms with Gasteiger partial charge in [-0.2, -0.15) is 0 Å². The van der Waals surface area contributed by atoms with Gasteiger partial charge in [0.1, 0.15) is 5.75 Å². The Morgan fingerprint density at radius 3 is 2.88 bits per heavy atom. The van der Waals surface area contributed by atoms with Crippen molar-refractivity contribution in [3.63, 3.8) is 0 Å². The first-order chi connectivity index (χ1) is 8.29. The fourth-order valence-electron chi connectivity index (χ4n) is 2.79. The van der Waals surface area contributed by atoms with E-state index in [1.165, 1.54) is 25.7 Å². The molecule has 0 aromatic heterocycles. The Bertz CT molecular complexity index is 351. The maximum atomic E-state index is 5.34. The van der Waals surface area contributed by atoms with E-state index in [0.29, 0.717) is 0 Å². The van der Waals surface area contributed by atoms with E-state index in [1.807, 2.05) is 18.2 Å². The van der Waals surface area contributed by atoms with Crippen LogP contribution >= 0.6 is 0 Å². The van der Waals surface area contributed by atoms with Gasteiger partial charge < -0.3 is 10.1 Å². The molecule has 1 N–H and O–H groups in total. The van der Waals surface area contributed by atoms with Crippen LogP contribution in [0.15, 0.2) is 24.3 Å². The first-order valence-electron chi connectivity index (χ1n) is 6.66. The molecule has 1 saturated carbocycles. The summed E-state index contributed by atoms with van der Waals surface area (Å²) in [4.78, 5) is 0. The predicted octanol–water partition coefficient (Wildman–Crippen LogP) is 3.93.